The van der Waals surface area contributed by atoms with Crippen LogP contribution in [0.25, 0.3) is 11.1 Å². The average Bonchev–Trinajstić information content (AvgIpc) is 2.63. The minimum absolute atomic E-state index is 0.291. The van der Waals surface area contributed by atoms with Crippen molar-refractivity contribution >= 4 is 11.5 Å². The van der Waals surface area contributed by atoms with Crippen LogP contribution in [-0.2, 0) is 12.8 Å². The number of rotatable bonds is 3. The summed E-state index contributed by atoms with van der Waals surface area (Å²) < 4.78 is 0. The van der Waals surface area contributed by atoms with Crippen LogP contribution in [0.15, 0.2) is 60.7 Å². The predicted molar refractivity (Wildman–Crippen MR) is 103 cm³/mol. The molecule has 1 aliphatic rings. The fourth-order valence-electron chi connectivity index (χ4n) is 3.45. The van der Waals surface area contributed by atoms with E-state index >= 15 is 0 Å². The maximum Gasteiger partial charge on any atom is 0.123 e. The smallest absolute Gasteiger partial charge is 0.123 e. The van der Waals surface area contributed by atoms with Crippen LogP contribution in [0.5, 0.6) is 0 Å². The molecule has 1 aliphatic heterocycles. The molecule has 25 heavy (non-hydrogen) atoms. The fraction of sp³-hybridized carbons (Fsp3) is 0.190. The van der Waals surface area contributed by atoms with Crippen LogP contribution in [-0.4, -0.2) is 11.5 Å². The van der Waals surface area contributed by atoms with Crippen molar-refractivity contribution in [2.45, 2.75) is 18.9 Å². The lowest BCUT2D eigenvalue weighted by Gasteiger charge is -2.26. The van der Waals surface area contributed by atoms with Crippen molar-refractivity contribution in [1.29, 1.82) is 0 Å². The highest BCUT2D eigenvalue weighted by Gasteiger charge is 2.21. The summed E-state index contributed by atoms with van der Waals surface area (Å²) in [5.41, 5.74) is 18.5. The molecule has 126 valence electrons. The van der Waals surface area contributed by atoms with E-state index < -0.39 is 0 Å². The van der Waals surface area contributed by atoms with Gasteiger partial charge in [-0.15, -0.1) is 0 Å². The highest BCUT2D eigenvalue weighted by Crippen LogP contribution is 2.27. The molecule has 2 heterocycles. The van der Waals surface area contributed by atoms with E-state index in [1.54, 1.807) is 0 Å². The average molecular weight is 330 g/mol. The lowest BCUT2D eigenvalue weighted by molar-refractivity contribution is 0.496. The first-order chi connectivity index (χ1) is 12.2. The molecule has 0 bridgehead atoms. The summed E-state index contributed by atoms with van der Waals surface area (Å²) in [7, 11) is 0. The molecular weight excluding hydrogens is 308 g/mol. The van der Waals surface area contributed by atoms with Crippen LogP contribution in [0.2, 0.25) is 0 Å². The number of benzene rings is 2. The van der Waals surface area contributed by atoms with Crippen molar-refractivity contribution < 1.29 is 0 Å². The van der Waals surface area contributed by atoms with Crippen LogP contribution in [0, 0.1) is 0 Å². The van der Waals surface area contributed by atoms with Crippen molar-refractivity contribution in [2.24, 2.45) is 0 Å². The minimum atomic E-state index is 0.291. The quantitative estimate of drug-likeness (QED) is 0.644. The molecule has 4 heteroatoms. The van der Waals surface area contributed by atoms with Gasteiger partial charge in [-0.05, 0) is 46.9 Å². The zero-order chi connectivity index (χ0) is 17.2. The summed E-state index contributed by atoms with van der Waals surface area (Å²) in [5, 5.41) is 3.60. The number of nitrogens with one attached hydrogen (secondary N) is 1. The van der Waals surface area contributed by atoms with Gasteiger partial charge in [0, 0.05) is 30.4 Å². The molecule has 1 unspecified atom stereocenters. The van der Waals surface area contributed by atoms with E-state index in [1.165, 1.54) is 22.3 Å². The Morgan fingerprint density at radius 3 is 2.28 bits per heavy atom. The lowest BCUT2D eigenvalue weighted by atomic mass is 9.92. The number of pyridine rings is 1. The summed E-state index contributed by atoms with van der Waals surface area (Å²) in [4.78, 5) is 4.49. The monoisotopic (exact) mass is 330 g/mol. The van der Waals surface area contributed by atoms with Gasteiger partial charge in [-0.3, -0.25) is 0 Å². The second kappa shape index (κ2) is 6.57. The van der Waals surface area contributed by atoms with Gasteiger partial charge < -0.3 is 16.8 Å². The Morgan fingerprint density at radius 1 is 0.880 bits per heavy atom. The summed E-state index contributed by atoms with van der Waals surface area (Å²) in [5.74, 6) is 0.604. The Bertz CT molecular complexity index is 869. The van der Waals surface area contributed by atoms with Gasteiger partial charge in [0.15, 0.2) is 0 Å². The molecular formula is C21H22N4. The number of anilines is 2. The minimum Gasteiger partial charge on any atom is -0.399 e. The summed E-state index contributed by atoms with van der Waals surface area (Å²) in [6.07, 6.45) is 1.88. The van der Waals surface area contributed by atoms with E-state index in [-0.39, 0.29) is 0 Å². The Hall–Kier alpha value is -2.85. The third kappa shape index (κ3) is 3.35. The van der Waals surface area contributed by atoms with Crippen LogP contribution < -0.4 is 16.8 Å². The maximum absolute atomic E-state index is 5.82. The van der Waals surface area contributed by atoms with Crippen LogP contribution >= 0.6 is 0 Å². The first-order valence-electron chi connectivity index (χ1n) is 8.62. The van der Waals surface area contributed by atoms with E-state index in [1.807, 2.05) is 18.2 Å². The van der Waals surface area contributed by atoms with Crippen molar-refractivity contribution in [3.05, 3.63) is 77.5 Å². The predicted octanol–water partition coefficient (Wildman–Crippen LogP) is 3.34. The topological polar surface area (TPSA) is 77.0 Å². The first kappa shape index (κ1) is 15.7. The Kier molecular flexibility index (Phi) is 4.12. The van der Waals surface area contributed by atoms with Crippen molar-refractivity contribution in [2.75, 3.05) is 18.0 Å². The molecule has 0 saturated heterocycles. The molecule has 0 saturated carbocycles. The highest BCUT2D eigenvalue weighted by molar-refractivity contribution is 5.65. The van der Waals surface area contributed by atoms with Gasteiger partial charge in [-0.1, -0.05) is 42.5 Å². The molecule has 5 N–H and O–H groups in total. The van der Waals surface area contributed by atoms with Crippen molar-refractivity contribution in [3.63, 3.8) is 0 Å². The molecule has 0 radical (unpaired) electrons. The van der Waals surface area contributed by atoms with Crippen molar-refractivity contribution in [1.82, 2.24) is 10.3 Å². The largest absolute Gasteiger partial charge is 0.399 e. The first-order valence-corrected chi connectivity index (χ1v) is 8.62. The maximum atomic E-state index is 5.82. The number of hydrogen-bond acceptors (Lipinski definition) is 4. The van der Waals surface area contributed by atoms with E-state index in [0.717, 1.165) is 30.8 Å². The van der Waals surface area contributed by atoms with E-state index in [9.17, 15) is 0 Å². The third-order valence-electron chi connectivity index (χ3n) is 4.80. The van der Waals surface area contributed by atoms with Crippen LogP contribution in [0.4, 0.5) is 11.5 Å². The Balaban J connectivity index is 1.53. The number of aromatic nitrogens is 1. The Morgan fingerprint density at radius 2 is 1.56 bits per heavy atom. The lowest BCUT2D eigenvalue weighted by Crippen LogP contribution is -2.32. The van der Waals surface area contributed by atoms with Gasteiger partial charge in [0.05, 0.1) is 0 Å². The second-order valence-corrected chi connectivity index (χ2v) is 6.55. The van der Waals surface area contributed by atoms with Gasteiger partial charge in [-0.25, -0.2) is 4.98 Å². The van der Waals surface area contributed by atoms with E-state index in [0.29, 0.717) is 11.9 Å². The van der Waals surface area contributed by atoms with Gasteiger partial charge in [-0.2, -0.15) is 0 Å². The molecule has 4 nitrogen and oxygen atoms in total. The SMILES string of the molecule is Nc1ccc(-c2ccc(CC3NCCc4nc(N)ccc43)cc2)cc1. The molecule has 3 aromatic rings. The summed E-state index contributed by atoms with van der Waals surface area (Å²) in [6.45, 7) is 0.942. The fourth-order valence-corrected chi connectivity index (χ4v) is 3.45. The van der Waals surface area contributed by atoms with Gasteiger partial charge in [0.25, 0.3) is 0 Å². The molecule has 0 spiro atoms. The van der Waals surface area contributed by atoms with Gasteiger partial charge in [0.1, 0.15) is 5.82 Å². The standard InChI is InChI=1S/C21H22N4/c22-17-7-5-16(6-8-17)15-3-1-14(2-4-15)13-20-18-9-10-21(23)25-19(18)11-12-24-20/h1-10,20,24H,11-13,22H2,(H2,23,25). The molecule has 0 amide bonds. The molecule has 2 aromatic carbocycles. The Labute approximate surface area is 147 Å². The molecule has 0 fully saturated rings. The normalized spacial score (nSPS) is 16.4. The zero-order valence-electron chi connectivity index (χ0n) is 14.1. The van der Waals surface area contributed by atoms with Gasteiger partial charge >= 0.3 is 0 Å². The summed E-state index contributed by atoms with van der Waals surface area (Å²) in [6, 6.07) is 21.0. The number of nitrogens with two attached hydrogens (primary N) is 2. The number of hydrogen-bond donors (Lipinski definition) is 3. The number of nitrogens with zero attached hydrogens (tertiary/aromatic N) is 1. The van der Waals surface area contributed by atoms with Gasteiger partial charge in [0.2, 0.25) is 0 Å². The van der Waals surface area contributed by atoms with Crippen molar-refractivity contribution in [3.8, 4) is 11.1 Å². The van der Waals surface area contributed by atoms with E-state index in [4.69, 9.17) is 11.5 Å². The van der Waals surface area contributed by atoms with Crippen LogP contribution in [0.1, 0.15) is 22.9 Å². The van der Waals surface area contributed by atoms with E-state index in [2.05, 4.69) is 52.8 Å². The number of fused-ring (bicyclic) bond motifs is 1. The molecule has 1 atom stereocenters. The highest BCUT2D eigenvalue weighted by atomic mass is 14.9. The second-order valence-electron chi connectivity index (χ2n) is 6.55. The number of nitrogen functional groups attached to an aromatic ring is 2. The third-order valence-corrected chi connectivity index (χ3v) is 4.80. The molecule has 0 aliphatic carbocycles. The zero-order valence-corrected chi connectivity index (χ0v) is 14.1. The molecule has 1 aromatic heterocycles. The summed E-state index contributed by atoms with van der Waals surface area (Å²) >= 11 is 0. The molecule has 4 rings (SSSR count). The van der Waals surface area contributed by atoms with Crippen LogP contribution in [0.3, 0.4) is 0 Å².